The van der Waals surface area contributed by atoms with E-state index in [4.69, 9.17) is 0 Å². The maximum absolute atomic E-state index is 4.65. The number of hydrogen-bond donors (Lipinski definition) is 2. The molecular weight excluding hydrogens is 337 g/mol. The van der Waals surface area contributed by atoms with E-state index in [1.165, 1.54) is 51.4 Å². The summed E-state index contributed by atoms with van der Waals surface area (Å²) in [5.74, 6) is 2.03. The molecule has 2 aliphatic rings. The number of hydrogen-bond acceptors (Lipinski definition) is 1. The van der Waals surface area contributed by atoms with Crippen LogP contribution < -0.4 is 10.6 Å². The van der Waals surface area contributed by atoms with Crippen LogP contribution in [-0.2, 0) is 0 Å². The van der Waals surface area contributed by atoms with Gasteiger partial charge < -0.3 is 10.6 Å². The second kappa shape index (κ2) is 8.99. The van der Waals surface area contributed by atoms with Crippen molar-refractivity contribution in [1.29, 1.82) is 0 Å². The third-order valence-electron chi connectivity index (χ3n) is 3.78. The Morgan fingerprint density at radius 3 is 2.50 bits per heavy atom. The van der Waals surface area contributed by atoms with Crippen LogP contribution >= 0.6 is 24.0 Å². The number of halogens is 1. The van der Waals surface area contributed by atoms with E-state index in [2.05, 4.69) is 22.5 Å². The Bertz CT molecular complexity index is 245. The molecule has 0 aromatic carbocycles. The molecule has 2 rings (SSSR count). The zero-order valence-electron chi connectivity index (χ0n) is 11.6. The van der Waals surface area contributed by atoms with Crippen molar-refractivity contribution in [2.75, 3.05) is 13.1 Å². The molecule has 0 aromatic heterocycles. The van der Waals surface area contributed by atoms with Gasteiger partial charge in [0.15, 0.2) is 5.96 Å². The van der Waals surface area contributed by atoms with Crippen LogP contribution in [0.25, 0.3) is 0 Å². The minimum atomic E-state index is 0. The summed E-state index contributed by atoms with van der Waals surface area (Å²) in [7, 11) is 0. The Balaban J connectivity index is 0.00000162. The lowest BCUT2D eigenvalue weighted by molar-refractivity contribution is 0.487. The topological polar surface area (TPSA) is 36.4 Å². The van der Waals surface area contributed by atoms with E-state index in [0.29, 0.717) is 6.04 Å². The largest absolute Gasteiger partial charge is 0.357 e. The molecule has 0 atom stereocenters. The molecule has 0 unspecified atom stereocenters. The lowest BCUT2D eigenvalue weighted by Gasteiger charge is -2.11. The molecule has 0 spiro atoms. The molecule has 2 aliphatic carbocycles. The molecule has 106 valence electrons. The van der Waals surface area contributed by atoms with Crippen molar-refractivity contribution in [3.63, 3.8) is 0 Å². The van der Waals surface area contributed by atoms with Gasteiger partial charge in [-0.05, 0) is 38.5 Å². The Kier molecular flexibility index (Phi) is 8.02. The van der Waals surface area contributed by atoms with Gasteiger partial charge in [0.1, 0.15) is 0 Å². The molecule has 2 N–H and O–H groups in total. The van der Waals surface area contributed by atoms with Crippen molar-refractivity contribution in [3.8, 4) is 0 Å². The SMILES string of the molecule is CCNC(=NCCCC1CCCC1)NC1CC1.I. The number of guanidine groups is 1. The molecule has 0 saturated heterocycles. The van der Waals surface area contributed by atoms with Crippen LogP contribution in [0.4, 0.5) is 0 Å². The Morgan fingerprint density at radius 1 is 1.17 bits per heavy atom. The second-order valence-corrected chi connectivity index (χ2v) is 5.47. The Hall–Kier alpha value is 0. The van der Waals surface area contributed by atoms with Crippen LogP contribution in [0.15, 0.2) is 4.99 Å². The van der Waals surface area contributed by atoms with Crippen molar-refractivity contribution in [3.05, 3.63) is 0 Å². The molecular formula is C14H28IN3. The third kappa shape index (κ3) is 6.25. The summed E-state index contributed by atoms with van der Waals surface area (Å²) >= 11 is 0. The van der Waals surface area contributed by atoms with Gasteiger partial charge in [-0.25, -0.2) is 0 Å². The first-order chi connectivity index (χ1) is 8.38. The lowest BCUT2D eigenvalue weighted by atomic mass is 10.0. The van der Waals surface area contributed by atoms with Crippen molar-refractivity contribution in [2.24, 2.45) is 10.9 Å². The van der Waals surface area contributed by atoms with Gasteiger partial charge in [0.25, 0.3) is 0 Å². The van der Waals surface area contributed by atoms with Crippen molar-refractivity contribution < 1.29 is 0 Å². The highest BCUT2D eigenvalue weighted by atomic mass is 127. The molecule has 3 nitrogen and oxygen atoms in total. The zero-order valence-corrected chi connectivity index (χ0v) is 13.9. The van der Waals surface area contributed by atoms with Gasteiger partial charge >= 0.3 is 0 Å². The fraction of sp³-hybridized carbons (Fsp3) is 0.929. The Labute approximate surface area is 129 Å². The van der Waals surface area contributed by atoms with Gasteiger partial charge in [-0.1, -0.05) is 25.7 Å². The minimum Gasteiger partial charge on any atom is -0.357 e. The number of nitrogens with one attached hydrogen (secondary N) is 2. The first-order valence-corrected chi connectivity index (χ1v) is 7.43. The fourth-order valence-corrected chi connectivity index (χ4v) is 2.61. The van der Waals surface area contributed by atoms with Gasteiger partial charge in [-0.2, -0.15) is 0 Å². The molecule has 0 amide bonds. The monoisotopic (exact) mass is 365 g/mol. The fourth-order valence-electron chi connectivity index (χ4n) is 2.61. The molecule has 4 heteroatoms. The predicted octanol–water partition coefficient (Wildman–Crippen LogP) is 3.29. The molecule has 0 radical (unpaired) electrons. The Morgan fingerprint density at radius 2 is 1.89 bits per heavy atom. The molecule has 18 heavy (non-hydrogen) atoms. The predicted molar refractivity (Wildman–Crippen MR) is 88.7 cm³/mol. The third-order valence-corrected chi connectivity index (χ3v) is 3.78. The van der Waals surface area contributed by atoms with Crippen molar-refractivity contribution in [2.45, 2.75) is 64.3 Å². The first kappa shape index (κ1) is 16.1. The summed E-state index contributed by atoms with van der Waals surface area (Å²) in [6.45, 7) is 4.07. The van der Waals surface area contributed by atoms with Gasteiger partial charge in [0.2, 0.25) is 0 Å². The molecule has 0 bridgehead atoms. The summed E-state index contributed by atoms with van der Waals surface area (Å²) in [4.78, 5) is 4.65. The van der Waals surface area contributed by atoms with E-state index >= 15 is 0 Å². The molecule has 0 heterocycles. The van der Waals surface area contributed by atoms with E-state index in [9.17, 15) is 0 Å². The molecule has 0 aliphatic heterocycles. The maximum Gasteiger partial charge on any atom is 0.191 e. The van der Waals surface area contributed by atoms with E-state index in [-0.39, 0.29) is 24.0 Å². The lowest BCUT2D eigenvalue weighted by Crippen LogP contribution is -2.38. The highest BCUT2D eigenvalue weighted by Crippen LogP contribution is 2.28. The molecule has 0 aromatic rings. The van der Waals surface area contributed by atoms with Crippen LogP contribution in [0, 0.1) is 5.92 Å². The summed E-state index contributed by atoms with van der Waals surface area (Å²) in [6, 6.07) is 0.697. The van der Waals surface area contributed by atoms with Gasteiger partial charge in [0.05, 0.1) is 0 Å². The summed E-state index contributed by atoms with van der Waals surface area (Å²) < 4.78 is 0. The van der Waals surface area contributed by atoms with Gasteiger partial charge in [-0.15, -0.1) is 24.0 Å². The van der Waals surface area contributed by atoms with Crippen LogP contribution in [0.2, 0.25) is 0 Å². The van der Waals surface area contributed by atoms with E-state index in [1.807, 2.05) is 0 Å². The highest BCUT2D eigenvalue weighted by Gasteiger charge is 2.22. The smallest absolute Gasteiger partial charge is 0.191 e. The van der Waals surface area contributed by atoms with Crippen LogP contribution in [0.5, 0.6) is 0 Å². The number of rotatable bonds is 6. The van der Waals surface area contributed by atoms with Gasteiger partial charge in [0, 0.05) is 19.1 Å². The van der Waals surface area contributed by atoms with Gasteiger partial charge in [-0.3, -0.25) is 4.99 Å². The number of nitrogens with zero attached hydrogens (tertiary/aromatic N) is 1. The zero-order chi connectivity index (χ0) is 11.9. The first-order valence-electron chi connectivity index (χ1n) is 7.43. The highest BCUT2D eigenvalue weighted by molar-refractivity contribution is 14.0. The van der Waals surface area contributed by atoms with E-state index in [1.54, 1.807) is 0 Å². The molecule has 2 saturated carbocycles. The van der Waals surface area contributed by atoms with E-state index in [0.717, 1.165) is 25.0 Å². The summed E-state index contributed by atoms with van der Waals surface area (Å²) in [5, 5.41) is 6.78. The van der Waals surface area contributed by atoms with Crippen LogP contribution in [0.1, 0.15) is 58.3 Å². The van der Waals surface area contributed by atoms with Crippen molar-refractivity contribution >= 4 is 29.9 Å². The standard InChI is InChI=1S/C14H27N3.HI/c1-2-15-14(17-13-9-10-13)16-11-5-8-12-6-3-4-7-12;/h12-13H,2-11H2,1H3,(H2,15,16,17);1H. The normalized spacial score (nSPS) is 20.6. The average Bonchev–Trinajstić information content (AvgIpc) is 2.98. The average molecular weight is 365 g/mol. The maximum atomic E-state index is 4.65. The quantitative estimate of drug-likeness (QED) is 0.328. The second-order valence-electron chi connectivity index (χ2n) is 5.47. The minimum absolute atomic E-state index is 0. The van der Waals surface area contributed by atoms with Crippen molar-refractivity contribution in [1.82, 2.24) is 10.6 Å². The summed E-state index contributed by atoms with van der Waals surface area (Å²) in [6.07, 6.45) is 11.1. The number of aliphatic imine (C=N–C) groups is 1. The van der Waals surface area contributed by atoms with E-state index < -0.39 is 0 Å². The molecule has 2 fully saturated rings. The van der Waals surface area contributed by atoms with Crippen LogP contribution in [0.3, 0.4) is 0 Å². The van der Waals surface area contributed by atoms with Crippen LogP contribution in [-0.4, -0.2) is 25.1 Å². The summed E-state index contributed by atoms with van der Waals surface area (Å²) in [5.41, 5.74) is 0.